The van der Waals surface area contributed by atoms with Crippen LogP contribution in [0.1, 0.15) is 24.1 Å². The van der Waals surface area contributed by atoms with Gasteiger partial charge in [0.25, 0.3) is 0 Å². The van der Waals surface area contributed by atoms with Crippen LogP contribution in [0.15, 0.2) is 24.3 Å². The van der Waals surface area contributed by atoms with Crippen molar-refractivity contribution in [3.8, 4) is 0 Å². The van der Waals surface area contributed by atoms with E-state index in [1.165, 1.54) is 11.5 Å². The minimum Gasteiger partial charge on any atom is -0.481 e. The first-order chi connectivity index (χ1) is 7.18. The van der Waals surface area contributed by atoms with Crippen molar-refractivity contribution in [1.82, 2.24) is 4.37 Å². The molecule has 1 aromatic carbocycles. The van der Waals surface area contributed by atoms with Gasteiger partial charge in [0.2, 0.25) is 0 Å². The van der Waals surface area contributed by atoms with E-state index in [0.29, 0.717) is 0 Å². The number of hydrogen-bond donors (Lipinski definition) is 1. The van der Waals surface area contributed by atoms with E-state index in [4.69, 9.17) is 5.11 Å². The maximum Gasteiger partial charge on any atom is 0.303 e. The Labute approximate surface area is 91.5 Å². The lowest BCUT2D eigenvalue weighted by Crippen LogP contribution is -2.01. The van der Waals surface area contributed by atoms with Gasteiger partial charge in [-0.3, -0.25) is 4.79 Å². The van der Waals surface area contributed by atoms with Gasteiger partial charge in [0.15, 0.2) is 0 Å². The van der Waals surface area contributed by atoms with Crippen molar-refractivity contribution < 1.29 is 9.90 Å². The van der Waals surface area contributed by atoms with E-state index in [9.17, 15) is 4.79 Å². The van der Waals surface area contributed by atoms with E-state index in [-0.39, 0.29) is 12.3 Å². The highest BCUT2D eigenvalue weighted by molar-refractivity contribution is 7.07. The summed E-state index contributed by atoms with van der Waals surface area (Å²) in [5.74, 6) is -0.736. The predicted molar refractivity (Wildman–Crippen MR) is 60.3 cm³/mol. The Morgan fingerprint density at radius 3 is 3.00 bits per heavy atom. The molecule has 78 valence electrons. The van der Waals surface area contributed by atoms with E-state index in [2.05, 4.69) is 4.37 Å². The molecule has 3 nitrogen and oxygen atoms in total. The molecule has 0 fully saturated rings. The summed E-state index contributed by atoms with van der Waals surface area (Å²) in [6.45, 7) is 1.92. The van der Waals surface area contributed by atoms with E-state index in [0.717, 1.165) is 15.8 Å². The van der Waals surface area contributed by atoms with Crippen molar-refractivity contribution in [3.05, 3.63) is 29.1 Å². The van der Waals surface area contributed by atoms with Crippen LogP contribution >= 0.6 is 11.5 Å². The molecule has 1 atom stereocenters. The van der Waals surface area contributed by atoms with Gasteiger partial charge in [-0.15, -0.1) is 0 Å². The van der Waals surface area contributed by atoms with Crippen LogP contribution in [0.25, 0.3) is 10.9 Å². The summed E-state index contributed by atoms with van der Waals surface area (Å²) in [5, 5.41) is 9.82. The zero-order chi connectivity index (χ0) is 10.8. The van der Waals surface area contributed by atoms with Crippen molar-refractivity contribution >= 4 is 28.4 Å². The molecular weight excluding hydrogens is 210 g/mol. The second-order valence-electron chi connectivity index (χ2n) is 3.56. The van der Waals surface area contributed by atoms with E-state index < -0.39 is 5.97 Å². The first kappa shape index (κ1) is 10.1. The largest absolute Gasteiger partial charge is 0.481 e. The maximum absolute atomic E-state index is 10.6. The summed E-state index contributed by atoms with van der Waals surface area (Å²) in [6, 6.07) is 7.83. The number of rotatable bonds is 3. The summed E-state index contributed by atoms with van der Waals surface area (Å²) < 4.78 is 4.30. The fraction of sp³-hybridized carbons (Fsp3) is 0.273. The SMILES string of the molecule is CC(CC(=O)O)c1snc2ccccc12. The average molecular weight is 221 g/mol. The molecule has 15 heavy (non-hydrogen) atoms. The number of carboxylic acid groups (broad SMARTS) is 1. The van der Waals surface area contributed by atoms with Crippen molar-refractivity contribution in [3.63, 3.8) is 0 Å². The van der Waals surface area contributed by atoms with Crippen LogP contribution < -0.4 is 0 Å². The number of nitrogens with zero attached hydrogens (tertiary/aromatic N) is 1. The fourth-order valence-electron chi connectivity index (χ4n) is 1.62. The zero-order valence-corrected chi connectivity index (χ0v) is 9.12. The Hall–Kier alpha value is -1.42. The lowest BCUT2D eigenvalue weighted by Gasteiger charge is -2.05. The molecule has 1 unspecified atom stereocenters. The maximum atomic E-state index is 10.6. The monoisotopic (exact) mass is 221 g/mol. The predicted octanol–water partition coefficient (Wildman–Crippen LogP) is 2.87. The molecule has 2 aromatic rings. The lowest BCUT2D eigenvalue weighted by molar-refractivity contribution is -0.137. The van der Waals surface area contributed by atoms with E-state index in [1.807, 2.05) is 31.2 Å². The smallest absolute Gasteiger partial charge is 0.303 e. The molecule has 0 radical (unpaired) electrons. The minimum absolute atomic E-state index is 0.0277. The highest BCUT2D eigenvalue weighted by Gasteiger charge is 2.15. The Morgan fingerprint density at radius 2 is 2.27 bits per heavy atom. The molecule has 2 rings (SSSR count). The van der Waals surface area contributed by atoms with Gasteiger partial charge in [0, 0.05) is 16.2 Å². The molecule has 1 aromatic heterocycles. The number of fused-ring (bicyclic) bond motifs is 1. The summed E-state index contributed by atoms with van der Waals surface area (Å²) in [5.41, 5.74) is 0.953. The molecule has 0 aliphatic carbocycles. The average Bonchev–Trinajstić information content (AvgIpc) is 2.59. The van der Waals surface area contributed by atoms with Gasteiger partial charge in [0.1, 0.15) is 0 Å². The van der Waals surface area contributed by atoms with Crippen LogP contribution in [0.4, 0.5) is 0 Å². The third kappa shape index (κ3) is 1.99. The lowest BCUT2D eigenvalue weighted by atomic mass is 10.0. The number of aliphatic carboxylic acids is 1. The first-order valence-electron chi connectivity index (χ1n) is 4.74. The van der Waals surface area contributed by atoms with E-state index >= 15 is 0 Å². The van der Waals surface area contributed by atoms with Crippen LogP contribution in [0, 0.1) is 0 Å². The quantitative estimate of drug-likeness (QED) is 0.867. The minimum atomic E-state index is -0.764. The fourth-order valence-corrected chi connectivity index (χ4v) is 2.51. The van der Waals surface area contributed by atoms with Gasteiger partial charge < -0.3 is 5.11 Å². The van der Waals surface area contributed by atoms with Gasteiger partial charge >= 0.3 is 5.97 Å². The van der Waals surface area contributed by atoms with E-state index in [1.54, 1.807) is 0 Å². The normalized spacial score (nSPS) is 12.9. The molecular formula is C11H11NO2S. The van der Waals surface area contributed by atoms with Gasteiger partial charge in [-0.2, -0.15) is 4.37 Å². The Kier molecular flexibility index (Phi) is 2.68. The molecule has 0 aliphatic rings. The van der Waals surface area contributed by atoms with Crippen LogP contribution in [0.5, 0.6) is 0 Å². The third-order valence-corrected chi connectivity index (χ3v) is 3.45. The van der Waals surface area contributed by atoms with Gasteiger partial charge in [0.05, 0.1) is 11.9 Å². The second-order valence-corrected chi connectivity index (χ2v) is 4.37. The summed E-state index contributed by atoms with van der Waals surface area (Å²) in [4.78, 5) is 11.7. The third-order valence-electron chi connectivity index (χ3n) is 2.34. The number of carbonyl (C=O) groups is 1. The standard InChI is InChI=1S/C11H11NO2S/c1-7(6-10(13)14)11-8-4-2-3-5-9(8)12-15-11/h2-5,7H,6H2,1H3,(H,13,14). The topological polar surface area (TPSA) is 50.2 Å². The number of hydrogen-bond acceptors (Lipinski definition) is 3. The molecule has 0 aliphatic heterocycles. The zero-order valence-electron chi connectivity index (χ0n) is 8.30. The van der Waals surface area contributed by atoms with Crippen LogP contribution in [-0.2, 0) is 4.79 Å². The van der Waals surface area contributed by atoms with Crippen LogP contribution in [0.2, 0.25) is 0 Å². The Morgan fingerprint density at radius 1 is 1.53 bits per heavy atom. The Balaban J connectivity index is 2.39. The molecule has 0 saturated carbocycles. The Bertz CT molecular complexity index is 492. The second kappa shape index (κ2) is 3.98. The molecule has 1 heterocycles. The van der Waals surface area contributed by atoms with Crippen LogP contribution in [0.3, 0.4) is 0 Å². The first-order valence-corrected chi connectivity index (χ1v) is 5.52. The van der Waals surface area contributed by atoms with Gasteiger partial charge in [-0.25, -0.2) is 0 Å². The molecule has 0 amide bonds. The van der Waals surface area contributed by atoms with Crippen molar-refractivity contribution in [1.29, 1.82) is 0 Å². The summed E-state index contributed by atoms with van der Waals surface area (Å²) >= 11 is 1.40. The molecule has 0 bridgehead atoms. The summed E-state index contributed by atoms with van der Waals surface area (Å²) in [6.07, 6.45) is 0.159. The molecule has 1 N–H and O–H groups in total. The van der Waals surface area contributed by atoms with Crippen molar-refractivity contribution in [2.75, 3.05) is 0 Å². The molecule has 0 spiro atoms. The van der Waals surface area contributed by atoms with Crippen molar-refractivity contribution in [2.45, 2.75) is 19.3 Å². The van der Waals surface area contributed by atoms with Gasteiger partial charge in [-0.05, 0) is 17.6 Å². The molecule has 4 heteroatoms. The number of benzene rings is 1. The number of carboxylic acids is 1. The number of aromatic nitrogens is 1. The van der Waals surface area contributed by atoms with Crippen LogP contribution in [-0.4, -0.2) is 15.4 Å². The highest BCUT2D eigenvalue weighted by atomic mass is 32.1. The molecule has 0 saturated heterocycles. The summed E-state index contributed by atoms with van der Waals surface area (Å²) in [7, 11) is 0. The highest BCUT2D eigenvalue weighted by Crippen LogP contribution is 2.30. The van der Waals surface area contributed by atoms with Crippen molar-refractivity contribution in [2.24, 2.45) is 0 Å². The van der Waals surface area contributed by atoms with Gasteiger partial charge in [-0.1, -0.05) is 25.1 Å².